The molecule has 0 unspecified atom stereocenters. The predicted octanol–water partition coefficient (Wildman–Crippen LogP) is 4.02. The van der Waals surface area contributed by atoms with Gasteiger partial charge in [0.05, 0.1) is 24.3 Å². The van der Waals surface area contributed by atoms with Crippen molar-refractivity contribution in [1.82, 2.24) is 0 Å². The van der Waals surface area contributed by atoms with E-state index in [0.29, 0.717) is 32.5 Å². The highest BCUT2D eigenvalue weighted by molar-refractivity contribution is 6.03. The van der Waals surface area contributed by atoms with Gasteiger partial charge < -0.3 is 29.9 Å². The van der Waals surface area contributed by atoms with Crippen molar-refractivity contribution in [3.8, 4) is 0 Å². The number of esters is 2. The van der Waals surface area contributed by atoms with Gasteiger partial charge in [0.1, 0.15) is 0 Å². The molecule has 0 saturated heterocycles. The molecule has 0 aliphatic rings. The lowest BCUT2D eigenvalue weighted by molar-refractivity contribution is -0.139. The first-order valence-electron chi connectivity index (χ1n) is 11.8. The van der Waals surface area contributed by atoms with Crippen LogP contribution in [0.5, 0.6) is 0 Å². The molecule has 0 radical (unpaired) electrons. The average molecular weight is 501 g/mol. The average Bonchev–Trinajstić information content (AvgIpc) is 2.82. The van der Waals surface area contributed by atoms with Crippen molar-refractivity contribution >= 4 is 23.9 Å². The Bertz CT molecular complexity index is 674. The molecule has 10 nitrogen and oxygen atoms in total. The maximum Gasteiger partial charge on any atom is 0.339 e. The quantitative estimate of drug-likeness (QED) is 0.166. The Morgan fingerprint density at radius 1 is 0.714 bits per heavy atom. The van der Waals surface area contributed by atoms with E-state index >= 15 is 0 Å². The number of carboxylic acids is 2. The maximum atomic E-state index is 11.9. The molecule has 0 aliphatic carbocycles. The van der Waals surface area contributed by atoms with Crippen LogP contribution in [0.1, 0.15) is 99.3 Å². The SMILES string of the molecule is CCC(O)O.CCCCOC(=O)c1ccccc1C(=O)OCCCC.O=C(O)CCCCC(=O)O. The number of carboxylic acid groups (broad SMARTS) is 2. The topological polar surface area (TPSA) is 168 Å². The number of carbonyl (C=O) groups is 4. The predicted molar refractivity (Wildman–Crippen MR) is 129 cm³/mol. The Morgan fingerprint density at radius 2 is 1.06 bits per heavy atom. The Morgan fingerprint density at radius 3 is 1.31 bits per heavy atom. The largest absolute Gasteiger partial charge is 0.481 e. The number of unbranched alkanes of at least 4 members (excludes halogenated alkanes) is 3. The van der Waals surface area contributed by atoms with Crippen molar-refractivity contribution in [3.05, 3.63) is 35.4 Å². The van der Waals surface area contributed by atoms with Crippen LogP contribution in [0, 0.1) is 0 Å². The van der Waals surface area contributed by atoms with Gasteiger partial charge in [0.15, 0.2) is 6.29 Å². The summed E-state index contributed by atoms with van der Waals surface area (Å²) >= 11 is 0. The van der Waals surface area contributed by atoms with Gasteiger partial charge in [-0.05, 0) is 44.2 Å². The number of hydrogen-bond acceptors (Lipinski definition) is 8. The molecule has 4 N–H and O–H groups in total. The van der Waals surface area contributed by atoms with Gasteiger partial charge in [0.25, 0.3) is 0 Å². The Labute approximate surface area is 206 Å². The summed E-state index contributed by atoms with van der Waals surface area (Å²) in [6.07, 6.45) is 3.85. The van der Waals surface area contributed by atoms with E-state index in [9.17, 15) is 19.2 Å². The number of carbonyl (C=O) groups excluding carboxylic acids is 2. The lowest BCUT2D eigenvalue weighted by Crippen LogP contribution is -2.14. The van der Waals surface area contributed by atoms with E-state index < -0.39 is 30.2 Å². The molecule has 0 bridgehead atoms. The van der Waals surface area contributed by atoms with E-state index in [1.54, 1.807) is 31.2 Å². The summed E-state index contributed by atoms with van der Waals surface area (Å²) in [5.41, 5.74) is 0.537. The van der Waals surface area contributed by atoms with Crippen LogP contribution >= 0.6 is 0 Å². The zero-order valence-electron chi connectivity index (χ0n) is 20.9. The van der Waals surface area contributed by atoms with Gasteiger partial charge in [0.2, 0.25) is 0 Å². The minimum atomic E-state index is -1.12. The van der Waals surface area contributed by atoms with E-state index in [-0.39, 0.29) is 24.0 Å². The third kappa shape index (κ3) is 21.3. The number of ether oxygens (including phenoxy) is 2. The minimum absolute atomic E-state index is 0.0628. The summed E-state index contributed by atoms with van der Waals surface area (Å²) < 4.78 is 10.3. The smallest absolute Gasteiger partial charge is 0.339 e. The van der Waals surface area contributed by atoms with E-state index in [4.69, 9.17) is 29.9 Å². The van der Waals surface area contributed by atoms with Crippen LogP contribution in [-0.4, -0.2) is 63.8 Å². The highest BCUT2D eigenvalue weighted by atomic mass is 16.5. The molecular formula is C25H40O10. The fraction of sp³-hybridized carbons (Fsp3) is 0.600. The van der Waals surface area contributed by atoms with Crippen LogP contribution in [0.3, 0.4) is 0 Å². The lowest BCUT2D eigenvalue weighted by atomic mass is 10.1. The lowest BCUT2D eigenvalue weighted by Gasteiger charge is -2.09. The van der Waals surface area contributed by atoms with E-state index in [1.165, 1.54) is 0 Å². The monoisotopic (exact) mass is 500 g/mol. The summed E-state index contributed by atoms with van der Waals surface area (Å²) in [5, 5.41) is 32.1. The molecule has 0 spiro atoms. The minimum Gasteiger partial charge on any atom is -0.481 e. The van der Waals surface area contributed by atoms with Crippen molar-refractivity contribution in [2.45, 2.75) is 84.8 Å². The van der Waals surface area contributed by atoms with Crippen molar-refractivity contribution < 1.29 is 49.1 Å². The second-order valence-electron chi connectivity index (χ2n) is 7.41. The molecule has 200 valence electrons. The van der Waals surface area contributed by atoms with Gasteiger partial charge in [-0.2, -0.15) is 0 Å². The van der Waals surface area contributed by atoms with Crippen LogP contribution in [0.4, 0.5) is 0 Å². The first kappa shape index (κ1) is 34.2. The summed E-state index contributed by atoms with van der Waals surface area (Å²) in [5.74, 6) is -2.68. The number of aliphatic hydroxyl groups excluding tert-OH is 1. The summed E-state index contributed by atoms with van der Waals surface area (Å²) in [6, 6.07) is 6.59. The molecule has 0 aliphatic heterocycles. The Balaban J connectivity index is 0. The Kier molecular flexibility index (Phi) is 22.3. The maximum absolute atomic E-state index is 11.9. The van der Waals surface area contributed by atoms with Gasteiger partial charge in [-0.25, -0.2) is 9.59 Å². The molecule has 0 atom stereocenters. The highest BCUT2D eigenvalue weighted by Gasteiger charge is 2.18. The number of rotatable bonds is 14. The normalized spacial score (nSPS) is 9.77. The van der Waals surface area contributed by atoms with Gasteiger partial charge in [-0.3, -0.25) is 9.59 Å². The van der Waals surface area contributed by atoms with Gasteiger partial charge in [0, 0.05) is 12.8 Å². The first-order chi connectivity index (χ1) is 16.6. The van der Waals surface area contributed by atoms with Crippen LogP contribution in [0.2, 0.25) is 0 Å². The van der Waals surface area contributed by atoms with Crippen molar-refractivity contribution in [2.24, 2.45) is 0 Å². The molecule has 0 heterocycles. The van der Waals surface area contributed by atoms with E-state index in [2.05, 4.69) is 0 Å². The molecule has 1 aromatic rings. The second kappa shape index (κ2) is 22.8. The highest BCUT2D eigenvalue weighted by Crippen LogP contribution is 2.12. The van der Waals surface area contributed by atoms with Crippen LogP contribution in [-0.2, 0) is 19.1 Å². The molecule has 1 rings (SSSR count). The molecular weight excluding hydrogens is 460 g/mol. The zero-order chi connectivity index (χ0) is 27.1. The fourth-order valence-electron chi connectivity index (χ4n) is 2.17. The molecule has 35 heavy (non-hydrogen) atoms. The van der Waals surface area contributed by atoms with Gasteiger partial charge >= 0.3 is 23.9 Å². The van der Waals surface area contributed by atoms with E-state index in [1.807, 2.05) is 13.8 Å². The fourth-order valence-corrected chi connectivity index (χ4v) is 2.17. The van der Waals surface area contributed by atoms with Crippen LogP contribution < -0.4 is 0 Å². The summed E-state index contributed by atoms with van der Waals surface area (Å²) in [6.45, 7) is 6.48. The van der Waals surface area contributed by atoms with Crippen LogP contribution in [0.15, 0.2) is 24.3 Å². The zero-order valence-corrected chi connectivity index (χ0v) is 20.9. The van der Waals surface area contributed by atoms with Crippen molar-refractivity contribution in [1.29, 1.82) is 0 Å². The van der Waals surface area contributed by atoms with Gasteiger partial charge in [-0.1, -0.05) is 45.7 Å². The summed E-state index contributed by atoms with van der Waals surface area (Å²) in [7, 11) is 0. The number of aliphatic carboxylic acids is 2. The van der Waals surface area contributed by atoms with Crippen LogP contribution in [0.25, 0.3) is 0 Å². The molecule has 0 fully saturated rings. The second-order valence-corrected chi connectivity index (χ2v) is 7.41. The molecule has 0 aromatic heterocycles. The Hall–Kier alpha value is -2.98. The standard InChI is InChI=1S/C16H22O4.C6H10O4.C3H8O2/c1-3-5-11-19-15(17)13-9-7-8-10-14(13)16(18)20-12-6-4-2;7-5(8)3-1-2-4-6(9)10;1-2-3(4)5/h7-10H,3-6,11-12H2,1-2H3;1-4H2,(H,7,8)(H,9,10);3-5H,2H2,1H3. The van der Waals surface area contributed by atoms with Crippen molar-refractivity contribution in [2.75, 3.05) is 13.2 Å². The summed E-state index contributed by atoms with van der Waals surface area (Å²) in [4.78, 5) is 43.7. The third-order valence-electron chi connectivity index (χ3n) is 4.23. The van der Waals surface area contributed by atoms with Crippen molar-refractivity contribution in [3.63, 3.8) is 0 Å². The first-order valence-corrected chi connectivity index (χ1v) is 11.8. The van der Waals surface area contributed by atoms with Gasteiger partial charge in [-0.15, -0.1) is 0 Å². The van der Waals surface area contributed by atoms with E-state index in [0.717, 1.165) is 25.7 Å². The molecule has 10 heteroatoms. The molecule has 0 saturated carbocycles. The number of aliphatic hydroxyl groups is 2. The number of hydrogen-bond donors (Lipinski definition) is 4. The molecule has 0 amide bonds. The number of benzene rings is 1. The molecule has 1 aromatic carbocycles. The third-order valence-corrected chi connectivity index (χ3v) is 4.23.